The molecule has 1 aliphatic heterocycles. The number of ether oxygens (including phenoxy) is 1. The van der Waals surface area contributed by atoms with Gasteiger partial charge >= 0.3 is 11.9 Å². The number of benzene rings is 2. The Morgan fingerprint density at radius 3 is 2.43 bits per heavy atom. The highest BCUT2D eigenvalue weighted by atomic mass is 16.5. The van der Waals surface area contributed by atoms with Gasteiger partial charge in [0, 0.05) is 18.0 Å². The van der Waals surface area contributed by atoms with E-state index in [0.717, 1.165) is 16.7 Å². The van der Waals surface area contributed by atoms with Crippen molar-refractivity contribution < 1.29 is 24.2 Å². The van der Waals surface area contributed by atoms with Gasteiger partial charge in [0.1, 0.15) is 0 Å². The molecule has 156 valence electrons. The minimum atomic E-state index is -1.00. The third kappa shape index (κ3) is 4.43. The Morgan fingerprint density at radius 2 is 1.83 bits per heavy atom. The summed E-state index contributed by atoms with van der Waals surface area (Å²) in [4.78, 5) is 38.5. The number of allylic oxidation sites excluding steroid dienone is 1. The molecule has 0 aliphatic carbocycles. The zero-order chi connectivity index (χ0) is 21.8. The number of hydrogen-bond acceptors (Lipinski definition) is 4. The third-order valence-electron chi connectivity index (χ3n) is 5.30. The molecule has 0 spiro atoms. The fourth-order valence-electron chi connectivity index (χ4n) is 3.78. The van der Waals surface area contributed by atoms with Crippen molar-refractivity contribution in [3.8, 4) is 0 Å². The molecule has 0 saturated carbocycles. The van der Waals surface area contributed by atoms with Crippen LogP contribution in [0.15, 0.2) is 59.8 Å². The Morgan fingerprint density at radius 1 is 1.13 bits per heavy atom. The highest BCUT2D eigenvalue weighted by molar-refractivity contribution is 5.96. The van der Waals surface area contributed by atoms with E-state index in [4.69, 9.17) is 9.84 Å². The monoisotopic (exact) mass is 407 g/mol. The van der Waals surface area contributed by atoms with Gasteiger partial charge in [0.15, 0.2) is 0 Å². The molecule has 1 atom stereocenters. The second-order valence-corrected chi connectivity index (χ2v) is 7.37. The number of nitrogens with zero attached hydrogens (tertiary/aromatic N) is 1. The van der Waals surface area contributed by atoms with E-state index >= 15 is 0 Å². The average molecular weight is 407 g/mol. The van der Waals surface area contributed by atoms with Crippen molar-refractivity contribution in [1.82, 2.24) is 4.90 Å². The molecule has 3 rings (SSSR count). The van der Waals surface area contributed by atoms with Gasteiger partial charge in [-0.3, -0.25) is 4.79 Å². The van der Waals surface area contributed by atoms with Crippen molar-refractivity contribution in [2.24, 2.45) is 0 Å². The van der Waals surface area contributed by atoms with Crippen LogP contribution in [0.25, 0.3) is 0 Å². The van der Waals surface area contributed by atoms with E-state index < -0.39 is 11.9 Å². The van der Waals surface area contributed by atoms with Gasteiger partial charge in [-0.2, -0.15) is 0 Å². The molecule has 30 heavy (non-hydrogen) atoms. The molecule has 0 saturated heterocycles. The summed E-state index contributed by atoms with van der Waals surface area (Å²) in [6.45, 7) is 6.00. The maximum absolute atomic E-state index is 13.0. The number of amides is 1. The number of aryl methyl sites for hydroxylation is 1. The fourth-order valence-corrected chi connectivity index (χ4v) is 3.78. The quantitative estimate of drug-likeness (QED) is 0.731. The van der Waals surface area contributed by atoms with Gasteiger partial charge in [0.05, 0.1) is 24.3 Å². The highest BCUT2D eigenvalue weighted by Gasteiger charge is 2.36. The molecule has 2 aromatic carbocycles. The van der Waals surface area contributed by atoms with Crippen LogP contribution in [0.1, 0.15) is 53.2 Å². The number of hydrogen-bond donors (Lipinski definition) is 1. The van der Waals surface area contributed by atoms with E-state index in [2.05, 4.69) is 0 Å². The van der Waals surface area contributed by atoms with Gasteiger partial charge in [0.25, 0.3) is 0 Å². The summed E-state index contributed by atoms with van der Waals surface area (Å²) in [7, 11) is 0. The largest absolute Gasteiger partial charge is 0.478 e. The Hall–Kier alpha value is -3.41. The molecule has 1 amide bonds. The van der Waals surface area contributed by atoms with Crippen molar-refractivity contribution in [1.29, 1.82) is 0 Å². The van der Waals surface area contributed by atoms with Crippen molar-refractivity contribution in [2.45, 2.75) is 39.7 Å². The molecule has 1 unspecified atom stereocenters. The number of aromatic carboxylic acids is 1. The van der Waals surface area contributed by atoms with Gasteiger partial charge in [-0.05, 0) is 44.0 Å². The van der Waals surface area contributed by atoms with Crippen LogP contribution in [0, 0.1) is 6.92 Å². The molecule has 6 nitrogen and oxygen atoms in total. The number of carboxylic acids is 1. The molecule has 1 heterocycles. The first-order chi connectivity index (χ1) is 14.3. The van der Waals surface area contributed by atoms with Crippen LogP contribution in [-0.2, 0) is 20.9 Å². The van der Waals surface area contributed by atoms with Crippen LogP contribution in [0.3, 0.4) is 0 Å². The second-order valence-electron chi connectivity index (χ2n) is 7.37. The Bertz CT molecular complexity index is 1010. The van der Waals surface area contributed by atoms with E-state index in [1.54, 1.807) is 30.9 Å². The normalized spacial score (nSPS) is 16.6. The molecule has 2 aromatic rings. The summed E-state index contributed by atoms with van der Waals surface area (Å²) < 4.78 is 5.31. The minimum Gasteiger partial charge on any atom is -0.478 e. The first kappa shape index (κ1) is 21.3. The standard InChI is InChI=1S/C24H25NO5/c1-4-30-24(29)22-16(3)25(14-17-8-10-18(11-9-17)23(27)28)21(26)13-20(22)19-7-5-6-15(2)12-19/h5-12,20H,4,13-14H2,1-3H3,(H,27,28). The van der Waals surface area contributed by atoms with Crippen LogP contribution < -0.4 is 0 Å². The summed E-state index contributed by atoms with van der Waals surface area (Å²) in [5, 5.41) is 9.06. The molecule has 6 heteroatoms. The molecular weight excluding hydrogens is 382 g/mol. The molecule has 0 radical (unpaired) electrons. The van der Waals surface area contributed by atoms with Gasteiger partial charge < -0.3 is 14.7 Å². The molecular formula is C24H25NO5. The highest BCUT2D eigenvalue weighted by Crippen LogP contribution is 2.38. The molecule has 0 aromatic heterocycles. The van der Waals surface area contributed by atoms with Gasteiger partial charge in [0.2, 0.25) is 5.91 Å². The van der Waals surface area contributed by atoms with Crippen molar-refractivity contribution in [3.63, 3.8) is 0 Å². The summed E-state index contributed by atoms with van der Waals surface area (Å²) >= 11 is 0. The first-order valence-electron chi connectivity index (χ1n) is 9.88. The summed E-state index contributed by atoms with van der Waals surface area (Å²) in [5.41, 5.74) is 3.99. The lowest BCUT2D eigenvalue weighted by molar-refractivity contribution is -0.140. The van der Waals surface area contributed by atoms with E-state index in [1.165, 1.54) is 12.1 Å². The lowest BCUT2D eigenvalue weighted by atomic mass is 9.83. The Balaban J connectivity index is 1.99. The van der Waals surface area contributed by atoms with Crippen LogP contribution in [0.2, 0.25) is 0 Å². The molecule has 1 N–H and O–H groups in total. The molecule has 0 bridgehead atoms. The van der Waals surface area contributed by atoms with Gasteiger partial charge in [-0.1, -0.05) is 42.0 Å². The first-order valence-corrected chi connectivity index (χ1v) is 9.88. The number of carbonyl (C=O) groups is 3. The Kier molecular flexibility index (Phi) is 6.35. The van der Waals surface area contributed by atoms with Crippen LogP contribution in [0.4, 0.5) is 0 Å². The number of carbonyl (C=O) groups excluding carboxylic acids is 2. The minimum absolute atomic E-state index is 0.0886. The predicted molar refractivity (Wildman–Crippen MR) is 112 cm³/mol. The summed E-state index contributed by atoms with van der Waals surface area (Å²) in [6, 6.07) is 14.2. The van der Waals surface area contributed by atoms with Gasteiger partial charge in [-0.15, -0.1) is 0 Å². The predicted octanol–water partition coefficient (Wildman–Crippen LogP) is 4.05. The number of esters is 1. The van der Waals surface area contributed by atoms with Crippen LogP contribution >= 0.6 is 0 Å². The van der Waals surface area contributed by atoms with E-state index in [1.807, 2.05) is 31.2 Å². The molecule has 1 aliphatic rings. The lowest BCUT2D eigenvalue weighted by Gasteiger charge is -2.34. The van der Waals surface area contributed by atoms with E-state index in [9.17, 15) is 14.4 Å². The average Bonchev–Trinajstić information content (AvgIpc) is 2.71. The summed E-state index contributed by atoms with van der Waals surface area (Å²) in [6.07, 6.45) is 0.169. The fraction of sp³-hybridized carbons (Fsp3) is 0.292. The summed E-state index contributed by atoms with van der Waals surface area (Å²) in [5.74, 6) is -1.87. The smallest absolute Gasteiger partial charge is 0.336 e. The lowest BCUT2D eigenvalue weighted by Crippen LogP contribution is -2.38. The second kappa shape index (κ2) is 8.95. The number of carboxylic acid groups (broad SMARTS) is 1. The van der Waals surface area contributed by atoms with Crippen molar-refractivity contribution in [3.05, 3.63) is 82.1 Å². The topological polar surface area (TPSA) is 83.9 Å². The van der Waals surface area contributed by atoms with E-state index in [0.29, 0.717) is 11.3 Å². The van der Waals surface area contributed by atoms with Gasteiger partial charge in [-0.25, -0.2) is 9.59 Å². The van der Waals surface area contributed by atoms with Crippen LogP contribution in [0.5, 0.6) is 0 Å². The Labute approximate surface area is 175 Å². The van der Waals surface area contributed by atoms with Crippen molar-refractivity contribution in [2.75, 3.05) is 6.61 Å². The zero-order valence-corrected chi connectivity index (χ0v) is 17.3. The maximum Gasteiger partial charge on any atom is 0.336 e. The van der Waals surface area contributed by atoms with E-state index in [-0.39, 0.29) is 37.0 Å². The van der Waals surface area contributed by atoms with Crippen molar-refractivity contribution >= 4 is 17.8 Å². The molecule has 0 fully saturated rings. The number of rotatable bonds is 6. The maximum atomic E-state index is 13.0. The zero-order valence-electron chi connectivity index (χ0n) is 17.3. The SMILES string of the molecule is CCOC(=O)C1=C(C)N(Cc2ccc(C(=O)O)cc2)C(=O)CC1c1cccc(C)c1. The third-order valence-corrected chi connectivity index (χ3v) is 5.30. The van der Waals surface area contributed by atoms with Crippen LogP contribution in [-0.4, -0.2) is 34.5 Å².